The van der Waals surface area contributed by atoms with Gasteiger partial charge in [0.25, 0.3) is 0 Å². The van der Waals surface area contributed by atoms with Crippen LogP contribution in [-0.4, -0.2) is 38.1 Å². The summed E-state index contributed by atoms with van der Waals surface area (Å²) in [5.41, 5.74) is 2.38. The van der Waals surface area contributed by atoms with Gasteiger partial charge in [0.05, 0.1) is 6.54 Å². The van der Waals surface area contributed by atoms with Gasteiger partial charge in [-0.2, -0.15) is 0 Å². The topological polar surface area (TPSA) is 41.6 Å². The van der Waals surface area contributed by atoms with Gasteiger partial charge in [-0.1, -0.05) is 63.2 Å². The van der Waals surface area contributed by atoms with Crippen molar-refractivity contribution in [2.75, 3.05) is 27.2 Å². The lowest BCUT2D eigenvalue weighted by molar-refractivity contribution is -0.125. The fourth-order valence-corrected chi connectivity index (χ4v) is 2.81. The van der Waals surface area contributed by atoms with Crippen molar-refractivity contribution in [3.8, 4) is 5.75 Å². The van der Waals surface area contributed by atoms with Gasteiger partial charge in [0.1, 0.15) is 18.4 Å². The maximum Gasteiger partial charge on any atom is 0.242 e. The van der Waals surface area contributed by atoms with E-state index in [-0.39, 0.29) is 17.4 Å². The molecule has 26 heavy (non-hydrogen) atoms. The van der Waals surface area contributed by atoms with Gasteiger partial charge < -0.3 is 10.1 Å². The van der Waals surface area contributed by atoms with Crippen molar-refractivity contribution in [3.63, 3.8) is 0 Å². The average Bonchev–Trinajstić information content (AvgIpc) is 2.59. The van der Waals surface area contributed by atoms with Gasteiger partial charge in [-0.3, -0.25) is 9.69 Å². The maximum absolute atomic E-state index is 12.5. The molecule has 4 nitrogen and oxygen atoms in total. The molecule has 0 saturated carbocycles. The summed E-state index contributed by atoms with van der Waals surface area (Å²) in [6.45, 7) is 7.47. The number of hydrogen-bond acceptors (Lipinski definition) is 3. The van der Waals surface area contributed by atoms with Crippen LogP contribution in [-0.2, 0) is 10.2 Å². The molecule has 0 aliphatic heterocycles. The molecule has 140 valence electrons. The van der Waals surface area contributed by atoms with Gasteiger partial charge in [-0.05, 0) is 42.8 Å². The highest BCUT2D eigenvalue weighted by Crippen LogP contribution is 2.24. The van der Waals surface area contributed by atoms with Gasteiger partial charge >= 0.3 is 0 Å². The average molecular weight is 354 g/mol. The predicted molar refractivity (Wildman–Crippen MR) is 107 cm³/mol. The summed E-state index contributed by atoms with van der Waals surface area (Å²) in [6.07, 6.45) is 0. The lowest BCUT2D eigenvalue weighted by Gasteiger charge is -2.24. The minimum Gasteiger partial charge on any atom is -0.492 e. The largest absolute Gasteiger partial charge is 0.492 e. The number of carbonyl (C=O) groups is 1. The number of benzene rings is 2. The van der Waals surface area contributed by atoms with E-state index in [1.54, 1.807) is 0 Å². The lowest BCUT2D eigenvalue weighted by Crippen LogP contribution is -2.38. The van der Waals surface area contributed by atoms with Crippen LogP contribution in [0.3, 0.4) is 0 Å². The SMILES string of the molecule is CN(C)C(C(=O)NCCOc1ccc(C(C)(C)C)cc1)c1ccccc1. The second-order valence-electron chi connectivity index (χ2n) is 7.69. The summed E-state index contributed by atoms with van der Waals surface area (Å²) in [5.74, 6) is 0.798. The van der Waals surface area contributed by atoms with E-state index in [0.29, 0.717) is 13.2 Å². The molecule has 1 atom stereocenters. The van der Waals surface area contributed by atoms with Crippen LogP contribution in [0, 0.1) is 0 Å². The van der Waals surface area contributed by atoms with Crippen LogP contribution < -0.4 is 10.1 Å². The molecular formula is C22H30N2O2. The Morgan fingerprint density at radius 2 is 1.65 bits per heavy atom. The molecule has 2 rings (SSSR count). The van der Waals surface area contributed by atoms with Gasteiger partial charge in [0.2, 0.25) is 5.91 Å². The van der Waals surface area contributed by atoms with Crippen molar-refractivity contribution in [1.29, 1.82) is 0 Å². The molecule has 0 spiro atoms. The molecule has 0 radical (unpaired) electrons. The van der Waals surface area contributed by atoms with E-state index >= 15 is 0 Å². The standard InChI is InChI=1S/C22H30N2O2/c1-22(2,3)18-11-13-19(14-12-18)26-16-15-23-21(25)20(24(4)5)17-9-7-6-8-10-17/h6-14,20H,15-16H2,1-5H3,(H,23,25). The number of carbonyl (C=O) groups excluding carboxylic acids is 1. The lowest BCUT2D eigenvalue weighted by atomic mass is 9.87. The molecule has 2 aromatic rings. The predicted octanol–water partition coefficient (Wildman–Crippen LogP) is 3.78. The first kappa shape index (κ1) is 20.0. The fourth-order valence-electron chi connectivity index (χ4n) is 2.81. The maximum atomic E-state index is 12.5. The Bertz CT molecular complexity index is 688. The summed E-state index contributed by atoms with van der Waals surface area (Å²) in [5, 5.41) is 2.96. The van der Waals surface area contributed by atoms with E-state index in [0.717, 1.165) is 11.3 Å². The van der Waals surface area contributed by atoms with Crippen LogP contribution in [0.1, 0.15) is 37.9 Å². The first-order valence-corrected chi connectivity index (χ1v) is 9.01. The monoisotopic (exact) mass is 354 g/mol. The third-order valence-electron chi connectivity index (χ3n) is 4.27. The summed E-state index contributed by atoms with van der Waals surface area (Å²) in [4.78, 5) is 14.5. The highest BCUT2D eigenvalue weighted by atomic mass is 16.5. The van der Waals surface area contributed by atoms with Crippen molar-refractivity contribution in [3.05, 3.63) is 65.7 Å². The van der Waals surface area contributed by atoms with Crippen LogP contribution in [0.25, 0.3) is 0 Å². The first-order valence-electron chi connectivity index (χ1n) is 9.01. The molecule has 0 aliphatic carbocycles. The Labute approximate surface area is 157 Å². The Balaban J connectivity index is 1.84. The quantitative estimate of drug-likeness (QED) is 0.770. The van der Waals surface area contributed by atoms with E-state index < -0.39 is 0 Å². The molecule has 0 aromatic heterocycles. The Kier molecular flexibility index (Phi) is 6.81. The van der Waals surface area contributed by atoms with Crippen LogP contribution >= 0.6 is 0 Å². The van der Waals surface area contributed by atoms with E-state index in [9.17, 15) is 4.79 Å². The molecule has 1 N–H and O–H groups in total. The van der Waals surface area contributed by atoms with Crippen LogP contribution in [0.4, 0.5) is 0 Å². The zero-order valence-electron chi connectivity index (χ0n) is 16.5. The third-order valence-corrected chi connectivity index (χ3v) is 4.27. The van der Waals surface area contributed by atoms with E-state index in [4.69, 9.17) is 4.74 Å². The normalized spacial score (nSPS) is 12.7. The van der Waals surface area contributed by atoms with E-state index in [1.165, 1.54) is 5.56 Å². The summed E-state index contributed by atoms with van der Waals surface area (Å²) >= 11 is 0. The fraction of sp³-hybridized carbons (Fsp3) is 0.409. The highest BCUT2D eigenvalue weighted by molar-refractivity contribution is 5.83. The zero-order chi connectivity index (χ0) is 19.2. The summed E-state index contributed by atoms with van der Waals surface area (Å²) in [7, 11) is 3.81. The Morgan fingerprint density at radius 3 is 2.19 bits per heavy atom. The van der Waals surface area contributed by atoms with Crippen LogP contribution in [0.15, 0.2) is 54.6 Å². The van der Waals surface area contributed by atoms with Crippen LogP contribution in [0.5, 0.6) is 5.75 Å². The number of amides is 1. The number of hydrogen-bond donors (Lipinski definition) is 1. The van der Waals surface area contributed by atoms with Crippen molar-refractivity contribution < 1.29 is 9.53 Å². The second-order valence-corrected chi connectivity index (χ2v) is 7.69. The molecular weight excluding hydrogens is 324 g/mol. The highest BCUT2D eigenvalue weighted by Gasteiger charge is 2.22. The molecule has 2 aromatic carbocycles. The molecule has 0 bridgehead atoms. The Hall–Kier alpha value is -2.33. The molecule has 0 heterocycles. The minimum atomic E-state index is -0.303. The van der Waals surface area contributed by atoms with Crippen molar-refractivity contribution >= 4 is 5.91 Å². The molecule has 0 aliphatic rings. The Morgan fingerprint density at radius 1 is 1.04 bits per heavy atom. The number of nitrogens with one attached hydrogen (secondary N) is 1. The van der Waals surface area contributed by atoms with E-state index in [1.807, 2.05) is 61.5 Å². The van der Waals surface area contributed by atoms with E-state index in [2.05, 4.69) is 38.2 Å². The van der Waals surface area contributed by atoms with Crippen molar-refractivity contribution in [1.82, 2.24) is 10.2 Å². The smallest absolute Gasteiger partial charge is 0.242 e. The van der Waals surface area contributed by atoms with Gasteiger partial charge in [-0.25, -0.2) is 0 Å². The number of ether oxygens (including phenoxy) is 1. The zero-order valence-corrected chi connectivity index (χ0v) is 16.5. The van der Waals surface area contributed by atoms with Gasteiger partial charge in [-0.15, -0.1) is 0 Å². The van der Waals surface area contributed by atoms with Gasteiger partial charge in [0.15, 0.2) is 0 Å². The summed E-state index contributed by atoms with van der Waals surface area (Å²) < 4.78 is 5.74. The van der Waals surface area contributed by atoms with Crippen LogP contribution in [0.2, 0.25) is 0 Å². The molecule has 0 fully saturated rings. The number of nitrogens with zero attached hydrogens (tertiary/aromatic N) is 1. The first-order chi connectivity index (χ1) is 12.3. The molecule has 4 heteroatoms. The number of rotatable bonds is 7. The van der Waals surface area contributed by atoms with Crippen molar-refractivity contribution in [2.45, 2.75) is 32.2 Å². The minimum absolute atomic E-state index is 0.0205. The van der Waals surface area contributed by atoms with Gasteiger partial charge in [0, 0.05) is 0 Å². The molecule has 1 amide bonds. The summed E-state index contributed by atoms with van der Waals surface area (Å²) in [6, 6.07) is 17.6. The second kappa shape index (κ2) is 8.86. The number of likely N-dealkylation sites (N-methyl/N-ethyl adjacent to an activating group) is 1. The molecule has 0 saturated heterocycles. The van der Waals surface area contributed by atoms with Crippen molar-refractivity contribution in [2.24, 2.45) is 0 Å². The molecule has 1 unspecified atom stereocenters. The third kappa shape index (κ3) is 5.60.